The molecule has 0 bridgehead atoms. The van der Waals surface area contributed by atoms with Crippen molar-refractivity contribution in [1.82, 2.24) is 4.90 Å². The van der Waals surface area contributed by atoms with Crippen LogP contribution in [-0.4, -0.2) is 37.1 Å². The highest BCUT2D eigenvalue weighted by atomic mass is 16.5. The smallest absolute Gasteiger partial charge is 0.230 e. The number of hydrogen-bond donors (Lipinski definition) is 0. The number of rotatable bonds is 2. The van der Waals surface area contributed by atoms with Gasteiger partial charge in [-0.1, -0.05) is 24.3 Å². The first-order chi connectivity index (χ1) is 9.29. The van der Waals surface area contributed by atoms with Gasteiger partial charge >= 0.3 is 0 Å². The molecule has 0 saturated carbocycles. The lowest BCUT2D eigenvalue weighted by Gasteiger charge is -2.33. The number of hydrogen-bond acceptors (Lipinski definition) is 2. The minimum absolute atomic E-state index is 0.0757. The average molecular weight is 259 g/mol. The van der Waals surface area contributed by atoms with Gasteiger partial charge < -0.3 is 9.64 Å². The van der Waals surface area contributed by atoms with E-state index in [4.69, 9.17) is 4.74 Å². The fourth-order valence-corrected chi connectivity index (χ4v) is 3.36. The summed E-state index contributed by atoms with van der Waals surface area (Å²) in [7, 11) is 1.74. The monoisotopic (exact) mass is 259 g/mol. The molecule has 1 aliphatic carbocycles. The van der Waals surface area contributed by atoms with Gasteiger partial charge in [0, 0.05) is 20.2 Å². The summed E-state index contributed by atoms with van der Waals surface area (Å²) < 4.78 is 5.41. The molecule has 1 aromatic carbocycles. The van der Waals surface area contributed by atoms with Crippen LogP contribution < -0.4 is 0 Å². The van der Waals surface area contributed by atoms with Crippen molar-refractivity contribution in [3.05, 3.63) is 35.4 Å². The van der Waals surface area contributed by atoms with Gasteiger partial charge in [-0.05, 0) is 36.8 Å². The lowest BCUT2D eigenvalue weighted by atomic mass is 9.98. The van der Waals surface area contributed by atoms with Gasteiger partial charge in [-0.2, -0.15) is 0 Å². The van der Waals surface area contributed by atoms with E-state index in [1.54, 1.807) is 7.11 Å². The van der Waals surface area contributed by atoms with E-state index in [0.29, 0.717) is 5.91 Å². The molecule has 1 saturated heterocycles. The summed E-state index contributed by atoms with van der Waals surface area (Å²) >= 11 is 0. The van der Waals surface area contributed by atoms with E-state index in [9.17, 15) is 4.79 Å². The molecule has 0 aromatic heterocycles. The molecule has 1 fully saturated rings. The van der Waals surface area contributed by atoms with Crippen LogP contribution in [0.5, 0.6) is 0 Å². The van der Waals surface area contributed by atoms with Crippen LogP contribution >= 0.6 is 0 Å². The zero-order valence-electron chi connectivity index (χ0n) is 11.5. The molecular weight excluding hydrogens is 238 g/mol. The van der Waals surface area contributed by atoms with Crippen molar-refractivity contribution in [2.45, 2.75) is 37.7 Å². The first-order valence-corrected chi connectivity index (χ1v) is 7.19. The van der Waals surface area contributed by atoms with E-state index in [1.807, 2.05) is 11.0 Å². The fourth-order valence-electron chi connectivity index (χ4n) is 3.36. The van der Waals surface area contributed by atoms with Gasteiger partial charge in [0.25, 0.3) is 0 Å². The standard InChI is InChI=1S/C16H21NO2/c1-19-13-6-4-10-17(11-13)16(18)15-9-8-12-5-2-3-7-14(12)15/h2-3,5,7,13,15H,4,6,8-11H2,1H3. The lowest BCUT2D eigenvalue weighted by Crippen LogP contribution is -2.44. The second-order valence-electron chi connectivity index (χ2n) is 5.57. The molecule has 0 spiro atoms. The van der Waals surface area contributed by atoms with Gasteiger partial charge in [-0.15, -0.1) is 0 Å². The maximum atomic E-state index is 12.7. The van der Waals surface area contributed by atoms with E-state index in [-0.39, 0.29) is 12.0 Å². The molecule has 0 N–H and O–H groups in total. The first kappa shape index (κ1) is 12.7. The zero-order chi connectivity index (χ0) is 13.2. The van der Waals surface area contributed by atoms with Crippen molar-refractivity contribution < 1.29 is 9.53 Å². The van der Waals surface area contributed by atoms with E-state index in [2.05, 4.69) is 18.2 Å². The highest BCUT2D eigenvalue weighted by Gasteiger charge is 2.33. The molecule has 1 amide bonds. The normalized spacial score (nSPS) is 26.3. The summed E-state index contributed by atoms with van der Waals surface area (Å²) in [6, 6.07) is 8.37. The highest BCUT2D eigenvalue weighted by molar-refractivity contribution is 5.85. The third kappa shape index (κ3) is 2.39. The largest absolute Gasteiger partial charge is 0.380 e. The van der Waals surface area contributed by atoms with E-state index in [0.717, 1.165) is 38.8 Å². The minimum atomic E-state index is 0.0757. The van der Waals surface area contributed by atoms with E-state index < -0.39 is 0 Å². The predicted octanol–water partition coefficient (Wildman–Crippen LogP) is 2.35. The van der Waals surface area contributed by atoms with Crippen LogP contribution in [0.1, 0.15) is 36.3 Å². The number of benzene rings is 1. The van der Waals surface area contributed by atoms with Crippen LogP contribution in [0.2, 0.25) is 0 Å². The van der Waals surface area contributed by atoms with Gasteiger partial charge in [0.1, 0.15) is 0 Å². The van der Waals surface area contributed by atoms with Gasteiger partial charge in [0.05, 0.1) is 12.0 Å². The summed E-state index contributed by atoms with van der Waals surface area (Å²) in [5.74, 6) is 0.374. The number of nitrogens with zero attached hydrogens (tertiary/aromatic N) is 1. The Kier molecular flexibility index (Phi) is 3.56. The number of carbonyl (C=O) groups is 1. The van der Waals surface area contributed by atoms with Crippen LogP contribution in [0.4, 0.5) is 0 Å². The second kappa shape index (κ2) is 5.33. The minimum Gasteiger partial charge on any atom is -0.380 e. The number of methoxy groups -OCH3 is 1. The molecule has 2 aliphatic rings. The molecule has 19 heavy (non-hydrogen) atoms. The maximum absolute atomic E-state index is 12.7. The van der Waals surface area contributed by atoms with Crippen LogP contribution in [0.15, 0.2) is 24.3 Å². The van der Waals surface area contributed by atoms with Gasteiger partial charge in [-0.25, -0.2) is 0 Å². The Bertz CT molecular complexity index is 472. The number of piperidine rings is 1. The number of likely N-dealkylation sites (tertiary alicyclic amines) is 1. The number of ether oxygens (including phenoxy) is 1. The number of carbonyl (C=O) groups excluding carboxylic acids is 1. The summed E-state index contributed by atoms with van der Waals surface area (Å²) in [5.41, 5.74) is 2.59. The van der Waals surface area contributed by atoms with Crippen molar-refractivity contribution >= 4 is 5.91 Å². The Labute approximate surface area is 114 Å². The van der Waals surface area contributed by atoms with Crippen LogP contribution in [0.25, 0.3) is 0 Å². The molecule has 2 atom stereocenters. The SMILES string of the molecule is COC1CCCN(C(=O)C2CCc3ccccc32)C1. The topological polar surface area (TPSA) is 29.5 Å². The Hall–Kier alpha value is -1.35. The van der Waals surface area contributed by atoms with Crippen molar-refractivity contribution in [2.75, 3.05) is 20.2 Å². The van der Waals surface area contributed by atoms with Crippen molar-refractivity contribution in [1.29, 1.82) is 0 Å². The summed E-state index contributed by atoms with van der Waals surface area (Å²) in [6.07, 6.45) is 4.34. The third-order valence-electron chi connectivity index (χ3n) is 4.45. The lowest BCUT2D eigenvalue weighted by molar-refractivity contribution is -0.136. The van der Waals surface area contributed by atoms with Gasteiger partial charge in [-0.3, -0.25) is 4.79 Å². The van der Waals surface area contributed by atoms with Crippen LogP contribution in [0, 0.1) is 0 Å². The summed E-state index contributed by atoms with van der Waals surface area (Å²) in [6.45, 7) is 1.64. The Morgan fingerprint density at radius 3 is 3.00 bits per heavy atom. The van der Waals surface area contributed by atoms with Crippen molar-refractivity contribution in [3.63, 3.8) is 0 Å². The summed E-state index contributed by atoms with van der Waals surface area (Å²) in [5, 5.41) is 0. The zero-order valence-corrected chi connectivity index (χ0v) is 11.5. The number of aryl methyl sites for hydroxylation is 1. The third-order valence-corrected chi connectivity index (χ3v) is 4.45. The molecule has 0 radical (unpaired) electrons. The highest BCUT2D eigenvalue weighted by Crippen LogP contribution is 2.34. The number of fused-ring (bicyclic) bond motifs is 1. The van der Waals surface area contributed by atoms with Crippen LogP contribution in [-0.2, 0) is 16.0 Å². The molecular formula is C16H21NO2. The molecule has 1 heterocycles. The van der Waals surface area contributed by atoms with Crippen molar-refractivity contribution in [3.8, 4) is 0 Å². The van der Waals surface area contributed by atoms with Gasteiger partial charge in [0.15, 0.2) is 0 Å². The second-order valence-corrected chi connectivity index (χ2v) is 5.57. The van der Waals surface area contributed by atoms with Crippen molar-refractivity contribution in [2.24, 2.45) is 0 Å². The summed E-state index contributed by atoms with van der Waals surface area (Å²) in [4.78, 5) is 14.7. The fraction of sp³-hybridized carbons (Fsp3) is 0.562. The number of amides is 1. The van der Waals surface area contributed by atoms with Gasteiger partial charge in [0.2, 0.25) is 5.91 Å². The Morgan fingerprint density at radius 1 is 1.32 bits per heavy atom. The molecule has 3 rings (SSSR count). The quantitative estimate of drug-likeness (QED) is 0.816. The van der Waals surface area contributed by atoms with E-state index >= 15 is 0 Å². The molecule has 2 unspecified atom stereocenters. The predicted molar refractivity (Wildman–Crippen MR) is 74.1 cm³/mol. The average Bonchev–Trinajstić information content (AvgIpc) is 2.90. The molecule has 1 aromatic rings. The Morgan fingerprint density at radius 2 is 2.16 bits per heavy atom. The van der Waals surface area contributed by atoms with Crippen LogP contribution in [0.3, 0.4) is 0 Å². The maximum Gasteiger partial charge on any atom is 0.230 e. The molecule has 1 aliphatic heterocycles. The molecule has 3 heteroatoms. The molecule has 3 nitrogen and oxygen atoms in total. The van der Waals surface area contributed by atoms with E-state index in [1.165, 1.54) is 11.1 Å². The first-order valence-electron chi connectivity index (χ1n) is 7.19. The molecule has 102 valence electrons. The Balaban J connectivity index is 1.75.